The van der Waals surface area contributed by atoms with Crippen LogP contribution in [0.4, 0.5) is 5.69 Å². The average Bonchev–Trinajstić information content (AvgIpc) is 2.20. The van der Waals surface area contributed by atoms with E-state index in [0.29, 0.717) is 4.90 Å². The minimum atomic E-state index is -1.04. The number of carbonyl (C=O) groups is 1. The molecule has 0 fully saturated rings. The van der Waals surface area contributed by atoms with Gasteiger partial charge in [-0.3, -0.25) is 0 Å². The van der Waals surface area contributed by atoms with E-state index in [9.17, 15) is 9.90 Å². The molecule has 0 amide bonds. The first-order chi connectivity index (χ1) is 7.43. The topological polar surface area (TPSA) is 83.5 Å². The van der Waals surface area contributed by atoms with E-state index >= 15 is 0 Å². The lowest BCUT2D eigenvalue weighted by molar-refractivity contribution is 0.0698. The number of hydrogen-bond acceptors (Lipinski definition) is 4. The number of para-hydroxylation sites is 1. The number of nitrogens with two attached hydrogens (primary N) is 1. The summed E-state index contributed by atoms with van der Waals surface area (Å²) >= 11 is 1.37. The van der Waals surface area contributed by atoms with Crippen LogP contribution in [0, 0.1) is 0 Å². The molecule has 0 aliphatic rings. The molecule has 0 saturated carbocycles. The van der Waals surface area contributed by atoms with E-state index in [1.165, 1.54) is 17.8 Å². The number of hydrogen-bond donors (Lipinski definition) is 3. The molecule has 88 valence electrons. The Bertz CT molecular complexity index is 393. The molecule has 0 heterocycles. The third-order valence-corrected chi connectivity index (χ3v) is 3.66. The van der Waals surface area contributed by atoms with Gasteiger partial charge >= 0.3 is 5.97 Å². The van der Waals surface area contributed by atoms with E-state index < -0.39 is 12.1 Å². The number of carboxylic acid groups (broad SMARTS) is 1. The van der Waals surface area contributed by atoms with Crippen LogP contribution in [0.1, 0.15) is 24.2 Å². The molecule has 1 aromatic rings. The lowest BCUT2D eigenvalue weighted by atomic mass is 10.2. The van der Waals surface area contributed by atoms with Gasteiger partial charge in [-0.1, -0.05) is 13.0 Å². The fourth-order valence-corrected chi connectivity index (χ4v) is 2.12. The summed E-state index contributed by atoms with van der Waals surface area (Å²) < 4.78 is 0. The summed E-state index contributed by atoms with van der Waals surface area (Å²) in [5.41, 5.74) is 6.11. The fraction of sp³-hybridized carbons (Fsp3) is 0.364. The number of thioether (sulfide) groups is 1. The molecule has 0 spiro atoms. The molecule has 5 heteroatoms. The standard InChI is InChI=1S/C11H15NO3S/c1-6(13)7(2)16-9-5-3-4-8(10(9)12)11(14)15/h3-7,13H,12H2,1-2H3,(H,14,15). The van der Waals surface area contributed by atoms with Crippen molar-refractivity contribution in [1.82, 2.24) is 0 Å². The Balaban J connectivity index is 2.98. The first kappa shape index (κ1) is 12.9. The van der Waals surface area contributed by atoms with Crippen LogP contribution in [0.15, 0.2) is 23.1 Å². The van der Waals surface area contributed by atoms with Crippen LogP contribution in [0.2, 0.25) is 0 Å². The van der Waals surface area contributed by atoms with Gasteiger partial charge in [0, 0.05) is 10.1 Å². The Morgan fingerprint density at radius 2 is 2.06 bits per heavy atom. The lowest BCUT2D eigenvalue weighted by Gasteiger charge is -2.15. The van der Waals surface area contributed by atoms with Crippen molar-refractivity contribution in [3.8, 4) is 0 Å². The summed E-state index contributed by atoms with van der Waals surface area (Å²) in [6, 6.07) is 4.87. The Hall–Kier alpha value is -1.20. The highest BCUT2D eigenvalue weighted by molar-refractivity contribution is 8.00. The largest absolute Gasteiger partial charge is 0.478 e. The van der Waals surface area contributed by atoms with Gasteiger partial charge in [-0.2, -0.15) is 0 Å². The first-order valence-corrected chi connectivity index (χ1v) is 5.78. The number of aliphatic hydroxyl groups is 1. The Morgan fingerprint density at radius 1 is 1.44 bits per heavy atom. The average molecular weight is 241 g/mol. The number of anilines is 1. The smallest absolute Gasteiger partial charge is 0.337 e. The number of aromatic carboxylic acids is 1. The molecule has 2 atom stereocenters. The molecule has 0 radical (unpaired) electrons. The van der Waals surface area contributed by atoms with E-state index in [-0.39, 0.29) is 16.5 Å². The molecule has 16 heavy (non-hydrogen) atoms. The van der Waals surface area contributed by atoms with Crippen LogP contribution in [-0.2, 0) is 0 Å². The summed E-state index contributed by atoms with van der Waals surface area (Å²) in [7, 11) is 0. The van der Waals surface area contributed by atoms with Gasteiger partial charge < -0.3 is 15.9 Å². The zero-order valence-corrected chi connectivity index (χ0v) is 9.99. The van der Waals surface area contributed by atoms with Crippen LogP contribution < -0.4 is 5.73 Å². The predicted octanol–water partition coefficient (Wildman–Crippen LogP) is 1.83. The van der Waals surface area contributed by atoms with E-state index in [1.807, 2.05) is 6.92 Å². The van der Waals surface area contributed by atoms with E-state index in [0.717, 1.165) is 0 Å². The molecular weight excluding hydrogens is 226 g/mol. The van der Waals surface area contributed by atoms with Crippen LogP contribution in [0.5, 0.6) is 0 Å². The van der Waals surface area contributed by atoms with Gasteiger partial charge in [-0.05, 0) is 19.1 Å². The summed E-state index contributed by atoms with van der Waals surface area (Å²) in [5, 5.41) is 18.2. The van der Waals surface area contributed by atoms with E-state index in [1.54, 1.807) is 19.1 Å². The summed E-state index contributed by atoms with van der Waals surface area (Å²) in [6.07, 6.45) is -0.474. The molecule has 4 N–H and O–H groups in total. The van der Waals surface area contributed by atoms with Crippen molar-refractivity contribution in [1.29, 1.82) is 0 Å². The van der Waals surface area contributed by atoms with Crippen molar-refractivity contribution < 1.29 is 15.0 Å². The highest BCUT2D eigenvalue weighted by Gasteiger charge is 2.15. The third-order valence-electron chi connectivity index (χ3n) is 2.29. The zero-order valence-electron chi connectivity index (χ0n) is 9.18. The summed E-state index contributed by atoms with van der Waals surface area (Å²) in [5.74, 6) is -1.04. The highest BCUT2D eigenvalue weighted by Crippen LogP contribution is 2.32. The van der Waals surface area contributed by atoms with Gasteiger partial charge in [-0.15, -0.1) is 11.8 Å². The minimum absolute atomic E-state index is 0.0358. The van der Waals surface area contributed by atoms with Gasteiger partial charge in [0.05, 0.1) is 17.4 Å². The number of benzene rings is 1. The SMILES string of the molecule is CC(O)C(C)Sc1cccc(C(=O)O)c1N. The maximum Gasteiger partial charge on any atom is 0.337 e. The second kappa shape index (κ2) is 5.23. The van der Waals surface area contributed by atoms with Crippen molar-refractivity contribution >= 4 is 23.4 Å². The fourth-order valence-electron chi connectivity index (χ4n) is 1.13. The number of nitrogen functional groups attached to an aromatic ring is 1. The number of aliphatic hydroxyl groups excluding tert-OH is 1. The van der Waals surface area contributed by atoms with Crippen LogP contribution >= 0.6 is 11.8 Å². The molecule has 0 saturated heterocycles. The molecule has 1 aromatic carbocycles. The van der Waals surface area contributed by atoms with E-state index in [2.05, 4.69) is 0 Å². The van der Waals surface area contributed by atoms with Crippen molar-refractivity contribution in [2.75, 3.05) is 5.73 Å². The summed E-state index contributed by atoms with van der Waals surface area (Å²) in [6.45, 7) is 3.55. The van der Waals surface area contributed by atoms with Gasteiger partial charge in [0.2, 0.25) is 0 Å². The monoisotopic (exact) mass is 241 g/mol. The summed E-state index contributed by atoms with van der Waals surface area (Å²) in [4.78, 5) is 11.5. The molecule has 2 unspecified atom stereocenters. The zero-order chi connectivity index (χ0) is 12.3. The molecule has 0 aliphatic carbocycles. The van der Waals surface area contributed by atoms with Gasteiger partial charge in [0.15, 0.2) is 0 Å². The Kier molecular flexibility index (Phi) is 4.20. The second-order valence-corrected chi connectivity index (χ2v) is 5.01. The van der Waals surface area contributed by atoms with Crippen molar-refractivity contribution in [3.05, 3.63) is 23.8 Å². The molecule has 1 rings (SSSR count). The Labute approximate surface area is 98.5 Å². The van der Waals surface area contributed by atoms with Crippen molar-refractivity contribution in [3.63, 3.8) is 0 Å². The normalized spacial score (nSPS) is 14.4. The molecule has 0 aliphatic heterocycles. The maximum absolute atomic E-state index is 10.9. The maximum atomic E-state index is 10.9. The van der Waals surface area contributed by atoms with Crippen LogP contribution in [0.3, 0.4) is 0 Å². The van der Waals surface area contributed by atoms with Crippen LogP contribution in [-0.4, -0.2) is 27.5 Å². The lowest BCUT2D eigenvalue weighted by Crippen LogP contribution is -2.15. The number of rotatable bonds is 4. The second-order valence-electron chi connectivity index (χ2n) is 3.59. The minimum Gasteiger partial charge on any atom is -0.478 e. The number of carboxylic acids is 1. The molecular formula is C11H15NO3S. The highest BCUT2D eigenvalue weighted by atomic mass is 32.2. The van der Waals surface area contributed by atoms with Crippen molar-refractivity contribution in [2.45, 2.75) is 30.1 Å². The van der Waals surface area contributed by atoms with Gasteiger partial charge in [0.1, 0.15) is 0 Å². The molecule has 0 aromatic heterocycles. The van der Waals surface area contributed by atoms with Crippen molar-refractivity contribution in [2.24, 2.45) is 0 Å². The quantitative estimate of drug-likeness (QED) is 0.553. The predicted molar refractivity (Wildman–Crippen MR) is 64.8 cm³/mol. The molecule has 0 bridgehead atoms. The van der Waals surface area contributed by atoms with Crippen LogP contribution in [0.25, 0.3) is 0 Å². The Morgan fingerprint density at radius 3 is 2.56 bits per heavy atom. The third kappa shape index (κ3) is 2.90. The van der Waals surface area contributed by atoms with Gasteiger partial charge in [-0.25, -0.2) is 4.79 Å². The van der Waals surface area contributed by atoms with E-state index in [4.69, 9.17) is 10.8 Å². The van der Waals surface area contributed by atoms with Gasteiger partial charge in [0.25, 0.3) is 0 Å². The first-order valence-electron chi connectivity index (χ1n) is 4.90. The molecule has 4 nitrogen and oxygen atoms in total.